The molecule has 15 heavy (non-hydrogen) atoms. The Morgan fingerprint density at radius 1 is 1.40 bits per heavy atom. The van der Waals surface area contributed by atoms with Crippen LogP contribution in [0, 0.1) is 0 Å². The van der Waals surface area contributed by atoms with Crippen LogP contribution in [-0.4, -0.2) is 25.1 Å². The third-order valence-electron chi connectivity index (χ3n) is 2.65. The van der Waals surface area contributed by atoms with E-state index in [-0.39, 0.29) is 0 Å². The molecule has 0 aliphatic rings. The fraction of sp³-hybridized carbons (Fsp3) is 0.500. The first-order valence-electron chi connectivity index (χ1n) is 5.17. The Labute approximate surface area is 91.8 Å². The third kappa shape index (κ3) is 3.13. The summed E-state index contributed by atoms with van der Waals surface area (Å²) in [6.07, 6.45) is 0. The molecule has 0 amide bonds. The van der Waals surface area contributed by atoms with Gasteiger partial charge in [-0.15, -0.1) is 0 Å². The SMILES string of the molecule is COc1ccc(CN(C)C(C)C)c(N)c1. The maximum Gasteiger partial charge on any atom is 0.120 e. The number of nitrogen functional groups attached to an aromatic ring is 1. The van der Waals surface area contributed by atoms with Gasteiger partial charge in [0.05, 0.1) is 7.11 Å². The Bertz CT molecular complexity index is 323. The number of hydrogen-bond donors (Lipinski definition) is 1. The summed E-state index contributed by atoms with van der Waals surface area (Å²) >= 11 is 0. The van der Waals surface area contributed by atoms with Crippen molar-refractivity contribution in [1.82, 2.24) is 4.90 Å². The van der Waals surface area contributed by atoms with Crippen LogP contribution in [0.1, 0.15) is 19.4 Å². The fourth-order valence-electron chi connectivity index (χ4n) is 1.30. The molecule has 1 aromatic carbocycles. The number of nitrogens with two attached hydrogens (primary N) is 1. The zero-order valence-corrected chi connectivity index (χ0v) is 9.95. The van der Waals surface area contributed by atoms with Crippen LogP contribution in [0.4, 0.5) is 5.69 Å². The largest absolute Gasteiger partial charge is 0.497 e. The third-order valence-corrected chi connectivity index (χ3v) is 2.65. The van der Waals surface area contributed by atoms with Gasteiger partial charge in [0, 0.05) is 24.3 Å². The number of benzene rings is 1. The quantitative estimate of drug-likeness (QED) is 0.770. The Balaban J connectivity index is 2.78. The fourth-order valence-corrected chi connectivity index (χ4v) is 1.30. The van der Waals surface area contributed by atoms with E-state index in [1.54, 1.807) is 7.11 Å². The van der Waals surface area contributed by atoms with Crippen molar-refractivity contribution in [3.8, 4) is 5.75 Å². The van der Waals surface area contributed by atoms with Crippen molar-refractivity contribution in [3.63, 3.8) is 0 Å². The molecule has 0 saturated heterocycles. The van der Waals surface area contributed by atoms with Crippen molar-refractivity contribution in [3.05, 3.63) is 23.8 Å². The average molecular weight is 208 g/mol. The summed E-state index contributed by atoms with van der Waals surface area (Å²) in [4.78, 5) is 2.25. The minimum atomic E-state index is 0.520. The molecule has 0 atom stereocenters. The highest BCUT2D eigenvalue weighted by Gasteiger charge is 2.07. The van der Waals surface area contributed by atoms with Crippen LogP contribution in [0.2, 0.25) is 0 Å². The summed E-state index contributed by atoms with van der Waals surface area (Å²) < 4.78 is 5.11. The van der Waals surface area contributed by atoms with Crippen molar-refractivity contribution >= 4 is 5.69 Å². The van der Waals surface area contributed by atoms with E-state index in [1.807, 2.05) is 18.2 Å². The number of methoxy groups -OCH3 is 1. The molecule has 0 aromatic heterocycles. The van der Waals surface area contributed by atoms with Crippen LogP contribution in [0.25, 0.3) is 0 Å². The minimum absolute atomic E-state index is 0.520. The van der Waals surface area contributed by atoms with E-state index >= 15 is 0 Å². The van der Waals surface area contributed by atoms with Gasteiger partial charge in [0.15, 0.2) is 0 Å². The van der Waals surface area contributed by atoms with E-state index < -0.39 is 0 Å². The molecular formula is C12H20N2O. The molecule has 2 N–H and O–H groups in total. The first-order chi connectivity index (χ1) is 7.04. The van der Waals surface area contributed by atoms with Gasteiger partial charge in [0.25, 0.3) is 0 Å². The van der Waals surface area contributed by atoms with Crippen LogP contribution in [-0.2, 0) is 6.54 Å². The Kier molecular flexibility index (Phi) is 3.97. The molecule has 0 aliphatic carbocycles. The second kappa shape index (κ2) is 5.03. The molecule has 0 heterocycles. The molecule has 1 aromatic rings. The number of hydrogen-bond acceptors (Lipinski definition) is 3. The monoisotopic (exact) mass is 208 g/mol. The van der Waals surface area contributed by atoms with E-state index in [1.165, 1.54) is 0 Å². The minimum Gasteiger partial charge on any atom is -0.497 e. The van der Waals surface area contributed by atoms with Crippen LogP contribution < -0.4 is 10.5 Å². The number of ether oxygens (including phenoxy) is 1. The molecule has 3 heteroatoms. The molecule has 0 bridgehead atoms. The summed E-state index contributed by atoms with van der Waals surface area (Å²) in [6, 6.07) is 6.35. The van der Waals surface area contributed by atoms with Crippen LogP contribution in [0.5, 0.6) is 5.75 Å². The van der Waals surface area contributed by atoms with Gasteiger partial charge >= 0.3 is 0 Å². The van der Waals surface area contributed by atoms with Gasteiger partial charge in [-0.1, -0.05) is 6.07 Å². The van der Waals surface area contributed by atoms with Crippen LogP contribution in [0.3, 0.4) is 0 Å². The molecule has 0 fully saturated rings. The highest BCUT2D eigenvalue weighted by Crippen LogP contribution is 2.21. The van der Waals surface area contributed by atoms with Crippen molar-refractivity contribution in [2.45, 2.75) is 26.4 Å². The van der Waals surface area contributed by atoms with Gasteiger partial charge < -0.3 is 10.5 Å². The maximum atomic E-state index is 5.94. The molecule has 1 rings (SSSR count). The molecule has 0 spiro atoms. The summed E-state index contributed by atoms with van der Waals surface area (Å²) in [7, 11) is 3.74. The molecular weight excluding hydrogens is 188 g/mol. The van der Waals surface area contributed by atoms with Gasteiger partial charge in [-0.05, 0) is 32.5 Å². The van der Waals surface area contributed by atoms with E-state index in [4.69, 9.17) is 10.5 Å². The maximum absolute atomic E-state index is 5.94. The van der Waals surface area contributed by atoms with Crippen LogP contribution >= 0.6 is 0 Å². The van der Waals surface area contributed by atoms with E-state index in [9.17, 15) is 0 Å². The number of anilines is 1. The number of rotatable bonds is 4. The van der Waals surface area contributed by atoms with Crippen molar-refractivity contribution < 1.29 is 4.74 Å². The van der Waals surface area contributed by atoms with Gasteiger partial charge in [0.1, 0.15) is 5.75 Å². The lowest BCUT2D eigenvalue weighted by molar-refractivity contribution is 0.266. The second-order valence-electron chi connectivity index (χ2n) is 4.07. The topological polar surface area (TPSA) is 38.5 Å². The van der Waals surface area contributed by atoms with E-state index in [0.29, 0.717) is 6.04 Å². The standard InChI is InChI=1S/C12H20N2O/c1-9(2)14(3)8-10-5-6-11(15-4)7-12(10)13/h5-7,9H,8,13H2,1-4H3. The van der Waals surface area contributed by atoms with Crippen molar-refractivity contribution in [2.24, 2.45) is 0 Å². The molecule has 0 radical (unpaired) electrons. The normalized spacial score (nSPS) is 11.1. The van der Waals surface area contributed by atoms with Crippen LogP contribution in [0.15, 0.2) is 18.2 Å². The lowest BCUT2D eigenvalue weighted by Crippen LogP contribution is -2.25. The van der Waals surface area contributed by atoms with E-state index in [0.717, 1.165) is 23.5 Å². The predicted octanol–water partition coefficient (Wildman–Crippen LogP) is 2.12. The molecule has 0 saturated carbocycles. The molecule has 84 valence electrons. The van der Waals surface area contributed by atoms with Gasteiger partial charge in [0.2, 0.25) is 0 Å². The smallest absolute Gasteiger partial charge is 0.120 e. The molecule has 0 aliphatic heterocycles. The highest BCUT2D eigenvalue weighted by atomic mass is 16.5. The Morgan fingerprint density at radius 3 is 2.53 bits per heavy atom. The molecule has 3 nitrogen and oxygen atoms in total. The Morgan fingerprint density at radius 2 is 2.07 bits per heavy atom. The van der Waals surface area contributed by atoms with E-state index in [2.05, 4.69) is 25.8 Å². The number of nitrogens with zero attached hydrogens (tertiary/aromatic N) is 1. The van der Waals surface area contributed by atoms with Gasteiger partial charge in [-0.3, -0.25) is 4.90 Å². The highest BCUT2D eigenvalue weighted by molar-refractivity contribution is 5.51. The average Bonchev–Trinajstić information content (AvgIpc) is 2.20. The second-order valence-corrected chi connectivity index (χ2v) is 4.07. The first-order valence-corrected chi connectivity index (χ1v) is 5.17. The zero-order valence-electron chi connectivity index (χ0n) is 9.95. The van der Waals surface area contributed by atoms with Gasteiger partial charge in [-0.25, -0.2) is 0 Å². The molecule has 0 unspecified atom stereocenters. The lowest BCUT2D eigenvalue weighted by atomic mass is 10.1. The van der Waals surface area contributed by atoms with Gasteiger partial charge in [-0.2, -0.15) is 0 Å². The summed E-state index contributed by atoms with van der Waals surface area (Å²) in [5.41, 5.74) is 7.88. The summed E-state index contributed by atoms with van der Waals surface area (Å²) in [5.74, 6) is 0.809. The lowest BCUT2D eigenvalue weighted by Gasteiger charge is -2.21. The predicted molar refractivity (Wildman–Crippen MR) is 64.0 cm³/mol. The summed E-state index contributed by atoms with van der Waals surface area (Å²) in [6.45, 7) is 5.20. The Hall–Kier alpha value is -1.22. The van der Waals surface area contributed by atoms with Crippen molar-refractivity contribution in [2.75, 3.05) is 19.9 Å². The zero-order chi connectivity index (χ0) is 11.4. The first kappa shape index (κ1) is 11.9. The van der Waals surface area contributed by atoms with Crippen molar-refractivity contribution in [1.29, 1.82) is 0 Å². The summed E-state index contributed by atoms with van der Waals surface area (Å²) in [5, 5.41) is 0.